The van der Waals surface area contributed by atoms with Crippen LogP contribution in [0.5, 0.6) is 0 Å². The van der Waals surface area contributed by atoms with E-state index in [4.69, 9.17) is 15.0 Å². The number of para-hydroxylation sites is 1. The van der Waals surface area contributed by atoms with Crippen LogP contribution in [-0.4, -0.2) is 19.5 Å². The van der Waals surface area contributed by atoms with Crippen molar-refractivity contribution >= 4 is 74.6 Å². The molecule has 226 valence electrons. The smallest absolute Gasteiger partial charge is 0.165 e. The maximum atomic E-state index is 5.11. The summed E-state index contributed by atoms with van der Waals surface area (Å²) in [5.74, 6) is 2.04. The molecular weight excluding hydrogens is 645 g/mol. The van der Waals surface area contributed by atoms with E-state index in [2.05, 4.69) is 112 Å². The van der Waals surface area contributed by atoms with Gasteiger partial charge in [0.15, 0.2) is 17.5 Å². The predicted molar refractivity (Wildman–Crippen MR) is 205 cm³/mol. The highest BCUT2D eigenvalue weighted by Gasteiger charge is 2.23. The summed E-state index contributed by atoms with van der Waals surface area (Å²) in [6.45, 7) is 0. The Balaban J connectivity index is 1.22. The Bertz CT molecular complexity index is 2720. The van der Waals surface area contributed by atoms with Crippen LogP contribution in [-0.2, 0) is 0 Å². The molecule has 0 atom stereocenters. The molecule has 0 saturated carbocycles. The van der Waals surface area contributed by atoms with Crippen molar-refractivity contribution in [2.45, 2.75) is 0 Å². The molecule has 10 aromatic rings. The molecule has 7 heteroatoms. The molecule has 0 saturated heterocycles. The second-order valence-corrected chi connectivity index (χ2v) is 15.0. The normalized spacial score (nSPS) is 11.8. The average Bonchev–Trinajstić information content (AvgIpc) is 3.92. The van der Waals surface area contributed by atoms with Gasteiger partial charge in [-0.1, -0.05) is 115 Å². The van der Waals surface area contributed by atoms with Crippen molar-refractivity contribution in [1.82, 2.24) is 19.5 Å². The summed E-state index contributed by atoms with van der Waals surface area (Å²) in [5, 5.41) is 9.51. The van der Waals surface area contributed by atoms with Crippen molar-refractivity contribution in [3.8, 4) is 51.0 Å². The van der Waals surface area contributed by atoms with Crippen LogP contribution in [0.1, 0.15) is 0 Å². The number of benzene rings is 5. The Kier molecular flexibility index (Phi) is 6.37. The van der Waals surface area contributed by atoms with Crippen molar-refractivity contribution in [1.29, 1.82) is 0 Å². The summed E-state index contributed by atoms with van der Waals surface area (Å²) in [6.07, 6.45) is 0. The number of rotatable bonds is 5. The van der Waals surface area contributed by atoms with Gasteiger partial charge in [-0.2, -0.15) is 0 Å². The molecule has 0 spiro atoms. The second-order valence-electron chi connectivity index (χ2n) is 11.7. The second kappa shape index (κ2) is 11.1. The lowest BCUT2D eigenvalue weighted by Crippen LogP contribution is -1.99. The highest BCUT2D eigenvalue weighted by atomic mass is 32.2. The quantitative estimate of drug-likeness (QED) is 0.183. The molecule has 0 bridgehead atoms. The summed E-state index contributed by atoms with van der Waals surface area (Å²) in [4.78, 5) is 15.2. The molecule has 0 radical (unpaired) electrons. The van der Waals surface area contributed by atoms with Crippen LogP contribution < -0.4 is 0 Å². The van der Waals surface area contributed by atoms with E-state index in [1.807, 2.05) is 59.1 Å². The lowest BCUT2D eigenvalue weighted by Gasteiger charge is -2.09. The van der Waals surface area contributed by atoms with E-state index in [1.165, 1.54) is 57.4 Å². The van der Waals surface area contributed by atoms with E-state index >= 15 is 0 Å². The molecule has 5 aromatic heterocycles. The van der Waals surface area contributed by atoms with Gasteiger partial charge in [-0.15, -0.1) is 34.0 Å². The number of nitrogens with zero attached hydrogens (tertiary/aromatic N) is 4. The third-order valence-corrected chi connectivity index (χ3v) is 12.3. The molecule has 0 N–H and O–H groups in total. The maximum Gasteiger partial charge on any atom is 0.165 e. The SMILES string of the molecule is c1ccc(-c2ccc3c(c2)c2ccccc2n3-c2csc3sc4scc(-c5nc(-c6ccccc6)nc(-c6ccccc6)n5)c4c23)cc1. The zero-order valence-electron chi connectivity index (χ0n) is 25.4. The first-order valence-corrected chi connectivity index (χ1v) is 18.3. The lowest BCUT2D eigenvalue weighted by molar-refractivity contribution is 1.08. The number of aromatic nitrogens is 4. The van der Waals surface area contributed by atoms with E-state index in [0.717, 1.165) is 16.7 Å². The highest BCUT2D eigenvalue weighted by molar-refractivity contribution is 7.48. The molecule has 0 aliphatic heterocycles. The monoisotopic (exact) mass is 668 g/mol. The number of thiophene rings is 3. The molecule has 5 heterocycles. The van der Waals surface area contributed by atoms with E-state index in [1.54, 1.807) is 11.3 Å². The minimum atomic E-state index is 0.674. The van der Waals surface area contributed by atoms with Gasteiger partial charge in [-0.05, 0) is 29.3 Å². The van der Waals surface area contributed by atoms with Crippen molar-refractivity contribution in [3.05, 3.63) is 144 Å². The fourth-order valence-corrected chi connectivity index (χ4v) is 10.3. The van der Waals surface area contributed by atoms with Gasteiger partial charge in [0.2, 0.25) is 0 Å². The predicted octanol–water partition coefficient (Wildman–Crippen LogP) is 12.1. The molecule has 0 amide bonds. The largest absolute Gasteiger partial charge is 0.308 e. The highest BCUT2D eigenvalue weighted by Crippen LogP contribution is 2.49. The van der Waals surface area contributed by atoms with Gasteiger partial charge in [-0.25, -0.2) is 15.0 Å². The first-order chi connectivity index (χ1) is 23.8. The van der Waals surface area contributed by atoms with Gasteiger partial charge in [0.1, 0.15) is 0 Å². The molecular formula is C41H24N4S3. The molecule has 0 aliphatic rings. The summed E-state index contributed by atoms with van der Waals surface area (Å²) < 4.78 is 5.04. The van der Waals surface area contributed by atoms with Gasteiger partial charge in [-0.3, -0.25) is 0 Å². The lowest BCUT2D eigenvalue weighted by atomic mass is 10.0. The zero-order valence-corrected chi connectivity index (χ0v) is 27.8. The van der Waals surface area contributed by atoms with Crippen molar-refractivity contribution in [2.75, 3.05) is 0 Å². The van der Waals surface area contributed by atoms with Gasteiger partial charge in [0, 0.05) is 49.0 Å². The van der Waals surface area contributed by atoms with Gasteiger partial charge in [0.05, 0.1) is 24.7 Å². The van der Waals surface area contributed by atoms with E-state index in [0.29, 0.717) is 17.5 Å². The fourth-order valence-electron chi connectivity index (χ4n) is 6.67. The van der Waals surface area contributed by atoms with Gasteiger partial charge in [0.25, 0.3) is 0 Å². The standard InChI is InChI=1S/C41H24N4S3/c1-4-12-25(13-5-1)28-20-21-33-30(22-28)29-18-10-11-19-32(29)45(33)34-24-47-41-36(34)35-31(23-46-40(35)48-41)39-43-37(26-14-6-2-7-15-26)42-38(44-39)27-16-8-3-9-17-27/h1-24H. The van der Waals surface area contributed by atoms with E-state index in [-0.39, 0.29) is 0 Å². The van der Waals surface area contributed by atoms with Crippen LogP contribution in [0.4, 0.5) is 0 Å². The van der Waals surface area contributed by atoms with Gasteiger partial charge >= 0.3 is 0 Å². The summed E-state index contributed by atoms with van der Waals surface area (Å²) in [6, 6.07) is 46.6. The Hall–Kier alpha value is -5.47. The molecule has 4 nitrogen and oxygen atoms in total. The van der Waals surface area contributed by atoms with Crippen molar-refractivity contribution < 1.29 is 0 Å². The third kappa shape index (κ3) is 4.36. The first-order valence-electron chi connectivity index (χ1n) is 15.7. The van der Waals surface area contributed by atoms with Crippen LogP contribution in [0.25, 0.3) is 91.6 Å². The Morgan fingerprint density at radius 2 is 1.00 bits per heavy atom. The van der Waals surface area contributed by atoms with E-state index in [9.17, 15) is 0 Å². The molecule has 10 rings (SSSR count). The average molecular weight is 669 g/mol. The van der Waals surface area contributed by atoms with Crippen LogP contribution in [0, 0.1) is 0 Å². The number of fused-ring (bicyclic) bond motifs is 6. The Labute approximate surface area is 287 Å². The van der Waals surface area contributed by atoms with E-state index < -0.39 is 0 Å². The minimum absolute atomic E-state index is 0.674. The Morgan fingerprint density at radius 1 is 0.438 bits per heavy atom. The molecule has 0 unspecified atom stereocenters. The van der Waals surface area contributed by atoms with Crippen LogP contribution in [0.2, 0.25) is 0 Å². The first kappa shape index (κ1) is 27.6. The fraction of sp³-hybridized carbons (Fsp3) is 0. The van der Waals surface area contributed by atoms with Crippen LogP contribution >= 0.6 is 34.0 Å². The minimum Gasteiger partial charge on any atom is -0.308 e. The van der Waals surface area contributed by atoms with Crippen LogP contribution in [0.3, 0.4) is 0 Å². The summed E-state index contributed by atoms with van der Waals surface area (Å²) >= 11 is 5.45. The summed E-state index contributed by atoms with van der Waals surface area (Å²) in [5.41, 5.74) is 9.02. The number of hydrogen-bond donors (Lipinski definition) is 0. The maximum absolute atomic E-state index is 5.11. The van der Waals surface area contributed by atoms with Crippen LogP contribution in [0.15, 0.2) is 144 Å². The molecule has 0 aliphatic carbocycles. The zero-order chi connectivity index (χ0) is 31.6. The molecule has 0 fully saturated rings. The van der Waals surface area contributed by atoms with Crippen molar-refractivity contribution in [3.63, 3.8) is 0 Å². The third-order valence-electron chi connectivity index (χ3n) is 8.89. The Morgan fingerprint density at radius 3 is 1.71 bits per heavy atom. The van der Waals surface area contributed by atoms with Crippen molar-refractivity contribution in [2.24, 2.45) is 0 Å². The molecule has 5 aromatic carbocycles. The summed E-state index contributed by atoms with van der Waals surface area (Å²) in [7, 11) is 0. The van der Waals surface area contributed by atoms with Gasteiger partial charge < -0.3 is 4.57 Å². The number of hydrogen-bond acceptors (Lipinski definition) is 6. The molecule has 48 heavy (non-hydrogen) atoms. The topological polar surface area (TPSA) is 43.6 Å².